The molecule has 1 aromatic rings. The van der Waals surface area contributed by atoms with Gasteiger partial charge in [-0.15, -0.1) is 0 Å². The highest BCUT2D eigenvalue weighted by molar-refractivity contribution is 5.37. The summed E-state index contributed by atoms with van der Waals surface area (Å²) in [5.41, 5.74) is 1.34. The molecule has 2 rings (SSSR count). The standard InChI is InChI=1S/C16H28N4/c1-4-17-16-11-15(5-8-18-16)13-20(3)12-14-6-9-19(2)10-7-14/h5,8,11,14H,4,6-7,9-10,12-13H2,1-3H3,(H,17,18). The van der Waals surface area contributed by atoms with E-state index >= 15 is 0 Å². The average molecular weight is 276 g/mol. The zero-order valence-electron chi connectivity index (χ0n) is 13.1. The molecule has 0 spiro atoms. The Balaban J connectivity index is 1.81. The van der Waals surface area contributed by atoms with Gasteiger partial charge in [-0.25, -0.2) is 4.98 Å². The van der Waals surface area contributed by atoms with Crippen LogP contribution in [0.25, 0.3) is 0 Å². The number of hydrogen-bond acceptors (Lipinski definition) is 4. The molecule has 1 N–H and O–H groups in total. The summed E-state index contributed by atoms with van der Waals surface area (Å²) in [4.78, 5) is 9.20. The SMILES string of the molecule is CCNc1cc(CN(C)CC2CCN(C)CC2)ccn1. The first kappa shape index (κ1) is 15.3. The molecule has 0 amide bonds. The summed E-state index contributed by atoms with van der Waals surface area (Å²) in [5.74, 6) is 1.84. The van der Waals surface area contributed by atoms with Gasteiger partial charge in [-0.2, -0.15) is 0 Å². The maximum atomic E-state index is 4.33. The number of anilines is 1. The van der Waals surface area contributed by atoms with Gasteiger partial charge >= 0.3 is 0 Å². The first-order valence-electron chi connectivity index (χ1n) is 7.73. The zero-order chi connectivity index (χ0) is 14.4. The summed E-state index contributed by atoms with van der Waals surface area (Å²) in [7, 11) is 4.45. The Kier molecular flexibility index (Phi) is 5.80. The second-order valence-corrected chi connectivity index (χ2v) is 6.02. The predicted molar refractivity (Wildman–Crippen MR) is 85.0 cm³/mol. The third kappa shape index (κ3) is 4.76. The Hall–Kier alpha value is -1.13. The minimum atomic E-state index is 0.853. The van der Waals surface area contributed by atoms with Gasteiger partial charge in [0.05, 0.1) is 0 Å². The van der Waals surface area contributed by atoms with Crippen LogP contribution in [-0.4, -0.2) is 55.1 Å². The van der Waals surface area contributed by atoms with Crippen molar-refractivity contribution in [2.75, 3.05) is 45.6 Å². The molecule has 4 heteroatoms. The third-order valence-electron chi connectivity index (χ3n) is 4.04. The molecule has 2 heterocycles. The Morgan fingerprint density at radius 3 is 2.85 bits per heavy atom. The molecule has 0 radical (unpaired) electrons. The fourth-order valence-electron chi connectivity index (χ4n) is 2.91. The highest BCUT2D eigenvalue weighted by atomic mass is 15.1. The number of nitrogens with one attached hydrogen (secondary N) is 1. The second-order valence-electron chi connectivity index (χ2n) is 6.02. The van der Waals surface area contributed by atoms with Crippen LogP contribution in [0.3, 0.4) is 0 Å². The van der Waals surface area contributed by atoms with E-state index in [4.69, 9.17) is 0 Å². The molecule has 0 aliphatic carbocycles. The quantitative estimate of drug-likeness (QED) is 0.864. The number of rotatable bonds is 6. The van der Waals surface area contributed by atoms with Gasteiger partial charge < -0.3 is 15.1 Å². The van der Waals surface area contributed by atoms with Crippen LogP contribution in [0.4, 0.5) is 5.82 Å². The van der Waals surface area contributed by atoms with Gasteiger partial charge in [0.1, 0.15) is 5.82 Å². The van der Waals surface area contributed by atoms with Gasteiger partial charge in [-0.3, -0.25) is 0 Å². The van der Waals surface area contributed by atoms with Crippen molar-refractivity contribution >= 4 is 5.82 Å². The molecule has 0 bridgehead atoms. The van der Waals surface area contributed by atoms with Gasteiger partial charge in [0.15, 0.2) is 0 Å². The normalized spacial score (nSPS) is 17.6. The van der Waals surface area contributed by atoms with Crippen LogP contribution >= 0.6 is 0 Å². The van der Waals surface area contributed by atoms with E-state index in [0.29, 0.717) is 0 Å². The second kappa shape index (κ2) is 7.60. The monoisotopic (exact) mass is 276 g/mol. The number of piperidine rings is 1. The Bertz CT molecular complexity index is 399. The summed E-state index contributed by atoms with van der Waals surface area (Å²) < 4.78 is 0. The number of nitrogens with zero attached hydrogens (tertiary/aromatic N) is 3. The Morgan fingerprint density at radius 2 is 2.15 bits per heavy atom. The van der Waals surface area contributed by atoms with E-state index in [0.717, 1.165) is 24.8 Å². The Labute approximate surface area is 123 Å². The number of pyridine rings is 1. The minimum Gasteiger partial charge on any atom is -0.370 e. The molecular formula is C16H28N4. The summed E-state index contributed by atoms with van der Waals surface area (Å²) >= 11 is 0. The van der Waals surface area contributed by atoms with Gasteiger partial charge in [0.25, 0.3) is 0 Å². The highest BCUT2D eigenvalue weighted by Crippen LogP contribution is 2.18. The molecule has 0 unspecified atom stereocenters. The maximum Gasteiger partial charge on any atom is 0.126 e. The average Bonchev–Trinajstić information content (AvgIpc) is 2.42. The van der Waals surface area contributed by atoms with Crippen molar-refractivity contribution in [3.8, 4) is 0 Å². The van der Waals surface area contributed by atoms with Crippen LogP contribution < -0.4 is 5.32 Å². The van der Waals surface area contributed by atoms with Crippen LogP contribution in [-0.2, 0) is 6.54 Å². The maximum absolute atomic E-state index is 4.33. The van der Waals surface area contributed by atoms with E-state index in [1.807, 2.05) is 6.20 Å². The van der Waals surface area contributed by atoms with E-state index in [2.05, 4.69) is 53.3 Å². The highest BCUT2D eigenvalue weighted by Gasteiger charge is 2.18. The number of hydrogen-bond donors (Lipinski definition) is 1. The molecule has 1 saturated heterocycles. The largest absolute Gasteiger partial charge is 0.370 e. The molecule has 0 atom stereocenters. The lowest BCUT2D eigenvalue weighted by Gasteiger charge is -2.31. The van der Waals surface area contributed by atoms with Crippen LogP contribution in [0.15, 0.2) is 18.3 Å². The first-order chi connectivity index (χ1) is 9.67. The van der Waals surface area contributed by atoms with Crippen molar-refractivity contribution in [3.05, 3.63) is 23.9 Å². The van der Waals surface area contributed by atoms with Crippen molar-refractivity contribution in [2.45, 2.75) is 26.3 Å². The smallest absolute Gasteiger partial charge is 0.126 e. The van der Waals surface area contributed by atoms with Crippen molar-refractivity contribution in [2.24, 2.45) is 5.92 Å². The molecule has 1 fully saturated rings. The lowest BCUT2D eigenvalue weighted by atomic mass is 9.96. The van der Waals surface area contributed by atoms with Gasteiger partial charge in [-0.05, 0) is 70.6 Å². The van der Waals surface area contributed by atoms with Crippen molar-refractivity contribution in [1.29, 1.82) is 0 Å². The van der Waals surface area contributed by atoms with Crippen LogP contribution in [0, 0.1) is 5.92 Å². The molecule has 4 nitrogen and oxygen atoms in total. The van der Waals surface area contributed by atoms with Crippen molar-refractivity contribution in [3.63, 3.8) is 0 Å². The van der Waals surface area contributed by atoms with Gasteiger partial charge in [0.2, 0.25) is 0 Å². The lowest BCUT2D eigenvalue weighted by molar-refractivity contribution is 0.173. The molecular weight excluding hydrogens is 248 g/mol. The van der Waals surface area contributed by atoms with Crippen LogP contribution in [0.2, 0.25) is 0 Å². The topological polar surface area (TPSA) is 31.4 Å². The lowest BCUT2D eigenvalue weighted by Crippen LogP contribution is -2.35. The molecule has 1 aliphatic heterocycles. The molecule has 20 heavy (non-hydrogen) atoms. The molecule has 1 aliphatic rings. The summed E-state index contributed by atoms with van der Waals surface area (Å²) in [5, 5.41) is 3.27. The van der Waals surface area contributed by atoms with E-state index in [9.17, 15) is 0 Å². The summed E-state index contributed by atoms with van der Waals surface area (Å²) in [6.45, 7) is 7.72. The third-order valence-corrected chi connectivity index (χ3v) is 4.04. The van der Waals surface area contributed by atoms with Crippen molar-refractivity contribution < 1.29 is 0 Å². The zero-order valence-corrected chi connectivity index (χ0v) is 13.1. The van der Waals surface area contributed by atoms with Crippen LogP contribution in [0.5, 0.6) is 0 Å². The van der Waals surface area contributed by atoms with E-state index in [-0.39, 0.29) is 0 Å². The number of aromatic nitrogens is 1. The van der Waals surface area contributed by atoms with E-state index < -0.39 is 0 Å². The van der Waals surface area contributed by atoms with Gasteiger partial charge in [0, 0.05) is 25.8 Å². The fraction of sp³-hybridized carbons (Fsp3) is 0.688. The molecule has 112 valence electrons. The Morgan fingerprint density at radius 1 is 1.40 bits per heavy atom. The first-order valence-corrected chi connectivity index (χ1v) is 7.73. The van der Waals surface area contributed by atoms with Crippen molar-refractivity contribution in [1.82, 2.24) is 14.8 Å². The molecule has 1 aromatic heterocycles. The molecule has 0 aromatic carbocycles. The molecule has 0 saturated carbocycles. The van der Waals surface area contributed by atoms with E-state index in [1.54, 1.807) is 0 Å². The number of likely N-dealkylation sites (tertiary alicyclic amines) is 1. The minimum absolute atomic E-state index is 0.853. The van der Waals surface area contributed by atoms with E-state index in [1.165, 1.54) is 38.0 Å². The van der Waals surface area contributed by atoms with Crippen LogP contribution in [0.1, 0.15) is 25.3 Å². The predicted octanol–water partition coefficient (Wildman–Crippen LogP) is 2.29. The summed E-state index contributed by atoms with van der Waals surface area (Å²) in [6, 6.07) is 4.28. The fourth-order valence-corrected chi connectivity index (χ4v) is 2.91. The van der Waals surface area contributed by atoms with Gasteiger partial charge in [-0.1, -0.05) is 0 Å². The summed E-state index contributed by atoms with van der Waals surface area (Å²) in [6.07, 6.45) is 4.57.